The zero-order valence-corrected chi connectivity index (χ0v) is 29.7. The van der Waals surface area contributed by atoms with Gasteiger partial charge in [-0.25, -0.2) is 0 Å². The molecule has 2 nitrogen and oxygen atoms in total. The Morgan fingerprint density at radius 1 is 0.577 bits per heavy atom. The van der Waals surface area contributed by atoms with Gasteiger partial charge in [-0.2, -0.15) is 0 Å². The molecule has 0 radical (unpaired) electrons. The highest BCUT2D eigenvalue weighted by molar-refractivity contribution is 7.27. The van der Waals surface area contributed by atoms with Gasteiger partial charge >= 0.3 is 0 Å². The molecule has 0 bridgehead atoms. The molecule has 0 saturated carbocycles. The van der Waals surface area contributed by atoms with Crippen molar-refractivity contribution in [1.29, 1.82) is 0 Å². The topological polar surface area (TPSA) is 8.17 Å². The second-order valence-corrected chi connectivity index (χ2v) is 14.0. The van der Waals surface area contributed by atoms with Gasteiger partial charge in [-0.15, -0.1) is 11.3 Å². The molecule has 3 heteroatoms. The highest BCUT2D eigenvalue weighted by Gasteiger charge is 2.20. The first-order chi connectivity index (χ1) is 25.7. The van der Waals surface area contributed by atoms with Crippen molar-refractivity contribution in [2.24, 2.45) is 0 Å². The third-order valence-corrected chi connectivity index (χ3v) is 11.1. The van der Waals surface area contributed by atoms with Gasteiger partial charge in [-0.05, 0) is 101 Å². The molecule has 0 saturated heterocycles. The third kappa shape index (κ3) is 5.43. The Morgan fingerprint density at radius 2 is 1.27 bits per heavy atom. The summed E-state index contributed by atoms with van der Waals surface area (Å²) >= 11 is 1.88. The lowest BCUT2D eigenvalue weighted by molar-refractivity contribution is 1.24. The quantitative estimate of drug-likeness (QED) is 0.145. The van der Waals surface area contributed by atoms with Crippen LogP contribution in [0.5, 0.6) is 0 Å². The molecular formula is C49H36N2S. The molecule has 7 aromatic carbocycles. The zero-order chi connectivity index (χ0) is 35.0. The van der Waals surface area contributed by atoms with Gasteiger partial charge in [-0.3, -0.25) is 0 Å². The maximum Gasteiger partial charge on any atom is 0.0727 e. The highest BCUT2D eigenvalue weighted by atomic mass is 32.1. The van der Waals surface area contributed by atoms with E-state index in [1.165, 1.54) is 64.2 Å². The van der Waals surface area contributed by atoms with Crippen molar-refractivity contribution in [2.75, 3.05) is 4.90 Å². The number of hydrogen-bond acceptors (Lipinski definition) is 2. The van der Waals surface area contributed by atoms with E-state index in [0.29, 0.717) is 0 Å². The number of allylic oxidation sites excluding steroid dienone is 5. The summed E-state index contributed by atoms with van der Waals surface area (Å²) < 4.78 is 4.98. The monoisotopic (exact) mass is 684 g/mol. The van der Waals surface area contributed by atoms with E-state index in [1.54, 1.807) is 0 Å². The first-order valence-corrected chi connectivity index (χ1v) is 18.5. The van der Waals surface area contributed by atoms with Crippen molar-refractivity contribution in [3.05, 3.63) is 195 Å². The van der Waals surface area contributed by atoms with Gasteiger partial charge in [0.2, 0.25) is 0 Å². The van der Waals surface area contributed by atoms with Crippen LogP contribution in [0.2, 0.25) is 0 Å². The van der Waals surface area contributed by atoms with Crippen LogP contribution < -0.4 is 4.90 Å². The molecule has 0 aliphatic rings. The maximum atomic E-state index is 4.03. The Hall–Kier alpha value is -6.42. The predicted molar refractivity (Wildman–Crippen MR) is 227 cm³/mol. The molecule has 0 aliphatic heterocycles. The van der Waals surface area contributed by atoms with E-state index in [2.05, 4.69) is 205 Å². The van der Waals surface area contributed by atoms with E-state index in [9.17, 15) is 0 Å². The normalized spacial score (nSPS) is 12.1. The fourth-order valence-electron chi connectivity index (χ4n) is 7.49. The van der Waals surface area contributed by atoms with Gasteiger partial charge in [0.05, 0.1) is 15.7 Å². The van der Waals surface area contributed by atoms with Gasteiger partial charge in [0.15, 0.2) is 0 Å². The Bertz CT molecular complexity index is 2810. The maximum absolute atomic E-state index is 4.03. The summed E-state index contributed by atoms with van der Waals surface area (Å²) in [6, 6.07) is 59.2. The van der Waals surface area contributed by atoms with Crippen molar-refractivity contribution >= 4 is 76.1 Å². The largest absolute Gasteiger partial charge is 0.310 e. The Labute approximate surface area is 308 Å². The standard InChI is InChI=1S/C49H36N2S/c1-3-14-39(15-4-2)51-46-25-11-10-22-44(46)49-47(51)45-24-13-23-43(48(45)52-49)38-18-12-21-42(33-38)50(40-19-6-5-7-20-40)41-30-28-35(29-31-41)37-27-26-34-16-8-9-17-36(34)32-37/h3-33H,1H2,2H3/b15-4-,39-14+. The van der Waals surface area contributed by atoms with Crippen LogP contribution in [0, 0.1) is 0 Å². The lowest BCUT2D eigenvalue weighted by Crippen LogP contribution is -2.09. The van der Waals surface area contributed by atoms with Crippen LogP contribution in [-0.4, -0.2) is 4.57 Å². The lowest BCUT2D eigenvalue weighted by Gasteiger charge is -2.26. The second kappa shape index (κ2) is 13.4. The van der Waals surface area contributed by atoms with E-state index in [-0.39, 0.29) is 0 Å². The summed E-state index contributed by atoms with van der Waals surface area (Å²) in [5.74, 6) is 0. The number of fused-ring (bicyclic) bond motifs is 6. The lowest BCUT2D eigenvalue weighted by atomic mass is 10.0. The average Bonchev–Trinajstić information content (AvgIpc) is 3.74. The van der Waals surface area contributed by atoms with Gasteiger partial charge in [-0.1, -0.05) is 134 Å². The number of benzene rings is 7. The van der Waals surface area contributed by atoms with Crippen LogP contribution in [0.4, 0.5) is 17.1 Å². The highest BCUT2D eigenvalue weighted by Crippen LogP contribution is 2.46. The Kier molecular flexibility index (Phi) is 8.11. The first-order valence-electron chi connectivity index (χ1n) is 17.7. The fraction of sp³-hybridized carbons (Fsp3) is 0.0204. The van der Waals surface area contributed by atoms with E-state index in [0.717, 1.165) is 22.8 Å². The molecule has 0 amide bonds. The first kappa shape index (κ1) is 31.6. The molecule has 248 valence electrons. The van der Waals surface area contributed by atoms with E-state index >= 15 is 0 Å². The molecule has 52 heavy (non-hydrogen) atoms. The molecule has 9 rings (SSSR count). The van der Waals surface area contributed by atoms with Crippen LogP contribution in [0.3, 0.4) is 0 Å². The number of anilines is 3. The van der Waals surface area contributed by atoms with Crippen molar-refractivity contribution in [3.63, 3.8) is 0 Å². The molecule has 9 aromatic rings. The smallest absolute Gasteiger partial charge is 0.0727 e. The fourth-order valence-corrected chi connectivity index (χ4v) is 8.85. The number of nitrogens with zero attached hydrogens (tertiary/aromatic N) is 2. The van der Waals surface area contributed by atoms with E-state index in [1.807, 2.05) is 17.4 Å². The minimum Gasteiger partial charge on any atom is -0.310 e. The van der Waals surface area contributed by atoms with Crippen LogP contribution in [-0.2, 0) is 0 Å². The number of aromatic nitrogens is 1. The molecule has 2 aromatic heterocycles. The molecule has 0 aliphatic carbocycles. The van der Waals surface area contributed by atoms with Crippen molar-refractivity contribution in [2.45, 2.75) is 6.92 Å². The number of para-hydroxylation sites is 2. The number of hydrogen-bond donors (Lipinski definition) is 0. The predicted octanol–water partition coefficient (Wildman–Crippen LogP) is 14.6. The van der Waals surface area contributed by atoms with Crippen LogP contribution >= 0.6 is 11.3 Å². The van der Waals surface area contributed by atoms with Crippen molar-refractivity contribution in [3.8, 4) is 22.3 Å². The van der Waals surface area contributed by atoms with Crippen LogP contribution in [0.1, 0.15) is 6.92 Å². The van der Waals surface area contributed by atoms with Gasteiger partial charge < -0.3 is 9.47 Å². The number of rotatable bonds is 8. The second-order valence-electron chi connectivity index (χ2n) is 13.0. The summed E-state index contributed by atoms with van der Waals surface area (Å²) in [6.45, 7) is 6.09. The average molecular weight is 685 g/mol. The number of thiophene rings is 1. The summed E-state index contributed by atoms with van der Waals surface area (Å²) in [5.41, 5.74) is 11.7. The molecule has 2 heterocycles. The summed E-state index contributed by atoms with van der Waals surface area (Å²) in [4.78, 5) is 2.35. The Morgan fingerprint density at radius 3 is 2.10 bits per heavy atom. The summed E-state index contributed by atoms with van der Waals surface area (Å²) in [7, 11) is 0. The van der Waals surface area contributed by atoms with Gasteiger partial charge in [0, 0.05) is 38.2 Å². The van der Waals surface area contributed by atoms with Crippen molar-refractivity contribution < 1.29 is 0 Å². The minimum atomic E-state index is 1.10. The molecule has 0 unspecified atom stereocenters. The molecule has 0 spiro atoms. The Balaban J connectivity index is 1.17. The van der Waals surface area contributed by atoms with Gasteiger partial charge in [0.1, 0.15) is 0 Å². The van der Waals surface area contributed by atoms with Crippen LogP contribution in [0.25, 0.3) is 69.9 Å². The molecule has 0 atom stereocenters. The summed E-state index contributed by atoms with van der Waals surface area (Å²) in [5, 5.41) is 5.02. The van der Waals surface area contributed by atoms with Gasteiger partial charge in [0.25, 0.3) is 0 Å². The summed E-state index contributed by atoms with van der Waals surface area (Å²) in [6.07, 6.45) is 8.22. The van der Waals surface area contributed by atoms with Crippen LogP contribution in [0.15, 0.2) is 195 Å². The van der Waals surface area contributed by atoms with Crippen molar-refractivity contribution in [1.82, 2.24) is 4.57 Å². The zero-order valence-electron chi connectivity index (χ0n) is 28.9. The SMILES string of the molecule is C=C/C=C(\C=C/C)n1c2ccccc2c2sc3c(-c4cccc(N(c5ccccc5)c5ccc(-c6ccc7ccccc7c6)cc5)c4)cccc3c21. The molecule has 0 N–H and O–H groups in total. The van der Waals surface area contributed by atoms with E-state index in [4.69, 9.17) is 0 Å². The third-order valence-electron chi connectivity index (χ3n) is 9.82. The molecule has 0 fully saturated rings. The molecular weight excluding hydrogens is 649 g/mol. The van der Waals surface area contributed by atoms with E-state index < -0.39 is 0 Å². The minimum absolute atomic E-state index is 1.10.